The van der Waals surface area contributed by atoms with Crippen molar-refractivity contribution < 1.29 is 4.42 Å². The molecule has 0 N–H and O–H groups in total. The van der Waals surface area contributed by atoms with Gasteiger partial charge in [0.2, 0.25) is 0 Å². The Balaban J connectivity index is 2.54. The highest BCUT2D eigenvalue weighted by Crippen LogP contribution is 2.18. The molecule has 2 nitrogen and oxygen atoms in total. The van der Waals surface area contributed by atoms with Gasteiger partial charge in [-0.2, -0.15) is 0 Å². The summed E-state index contributed by atoms with van der Waals surface area (Å²) in [7, 11) is 0. The quantitative estimate of drug-likeness (QED) is 0.779. The minimum absolute atomic E-state index is 0.355. The van der Waals surface area contributed by atoms with Crippen molar-refractivity contribution in [1.82, 2.24) is 0 Å². The molecule has 0 aliphatic heterocycles. The lowest BCUT2D eigenvalue weighted by molar-refractivity contribution is 0.521. The molecule has 0 amide bonds. The molecule has 2 rings (SSSR count). The second-order valence-electron chi connectivity index (χ2n) is 2.80. The summed E-state index contributed by atoms with van der Waals surface area (Å²) >= 11 is 3.10. The van der Waals surface area contributed by atoms with E-state index in [0.717, 1.165) is 5.56 Å². The van der Waals surface area contributed by atoms with Crippen molar-refractivity contribution in [2.75, 3.05) is 0 Å². The molecule has 0 bridgehead atoms. The van der Waals surface area contributed by atoms with E-state index in [-0.39, 0.29) is 5.63 Å². The van der Waals surface area contributed by atoms with Gasteiger partial charge in [0, 0.05) is 5.56 Å². The number of hydrogen-bond acceptors (Lipinski definition) is 2. The van der Waals surface area contributed by atoms with Crippen LogP contribution in [0.1, 0.15) is 0 Å². The number of hydrogen-bond donors (Lipinski definition) is 0. The standard InChI is InChI=1S/C11H7BrO2/c12-9-6-7-10(14-11(9)13)8-4-2-1-3-5-8/h1-7H. The van der Waals surface area contributed by atoms with Gasteiger partial charge in [0.15, 0.2) is 0 Å². The van der Waals surface area contributed by atoms with Crippen LogP contribution in [0.15, 0.2) is 56.1 Å². The van der Waals surface area contributed by atoms with E-state index in [0.29, 0.717) is 10.2 Å². The van der Waals surface area contributed by atoms with E-state index in [1.54, 1.807) is 12.1 Å². The predicted molar refractivity (Wildman–Crippen MR) is 58.1 cm³/mol. The molecule has 0 aliphatic carbocycles. The maximum Gasteiger partial charge on any atom is 0.350 e. The highest BCUT2D eigenvalue weighted by Gasteiger charge is 2.02. The Morgan fingerprint density at radius 2 is 1.71 bits per heavy atom. The van der Waals surface area contributed by atoms with Gasteiger partial charge >= 0.3 is 5.63 Å². The largest absolute Gasteiger partial charge is 0.422 e. The van der Waals surface area contributed by atoms with Gasteiger partial charge < -0.3 is 4.42 Å². The van der Waals surface area contributed by atoms with Gasteiger partial charge in [0.1, 0.15) is 10.2 Å². The number of rotatable bonds is 1. The first kappa shape index (κ1) is 9.21. The van der Waals surface area contributed by atoms with Crippen LogP contribution >= 0.6 is 15.9 Å². The predicted octanol–water partition coefficient (Wildman–Crippen LogP) is 3.07. The molecular formula is C11H7BrO2. The molecule has 1 heterocycles. The maximum absolute atomic E-state index is 11.2. The van der Waals surface area contributed by atoms with Crippen molar-refractivity contribution in [2.45, 2.75) is 0 Å². The van der Waals surface area contributed by atoms with Gasteiger partial charge in [-0.25, -0.2) is 4.79 Å². The van der Waals surface area contributed by atoms with Gasteiger partial charge in [0.05, 0.1) is 0 Å². The van der Waals surface area contributed by atoms with E-state index in [1.807, 2.05) is 30.3 Å². The molecule has 0 aliphatic rings. The van der Waals surface area contributed by atoms with Crippen molar-refractivity contribution in [1.29, 1.82) is 0 Å². The molecule has 0 unspecified atom stereocenters. The fourth-order valence-corrected chi connectivity index (χ4v) is 1.37. The van der Waals surface area contributed by atoms with Crippen LogP contribution in [0, 0.1) is 0 Å². The summed E-state index contributed by atoms with van der Waals surface area (Å²) < 4.78 is 5.53. The first-order chi connectivity index (χ1) is 6.77. The summed E-state index contributed by atoms with van der Waals surface area (Å²) in [6.07, 6.45) is 0. The Kier molecular flexibility index (Phi) is 2.50. The highest BCUT2D eigenvalue weighted by atomic mass is 79.9. The minimum Gasteiger partial charge on any atom is -0.422 e. The normalized spacial score (nSPS) is 10.1. The van der Waals surface area contributed by atoms with Crippen molar-refractivity contribution in [3.05, 3.63) is 57.4 Å². The topological polar surface area (TPSA) is 30.2 Å². The van der Waals surface area contributed by atoms with Crippen LogP contribution in [-0.2, 0) is 0 Å². The van der Waals surface area contributed by atoms with E-state index >= 15 is 0 Å². The van der Waals surface area contributed by atoms with Crippen LogP contribution in [-0.4, -0.2) is 0 Å². The third-order valence-electron chi connectivity index (χ3n) is 1.84. The molecule has 0 radical (unpaired) electrons. The van der Waals surface area contributed by atoms with Crippen molar-refractivity contribution in [3.8, 4) is 11.3 Å². The molecule has 0 spiro atoms. The first-order valence-corrected chi connectivity index (χ1v) is 4.92. The first-order valence-electron chi connectivity index (χ1n) is 4.12. The molecule has 0 saturated carbocycles. The van der Waals surface area contributed by atoms with E-state index in [2.05, 4.69) is 15.9 Å². The zero-order valence-electron chi connectivity index (χ0n) is 7.24. The molecule has 1 aromatic carbocycles. The third-order valence-corrected chi connectivity index (χ3v) is 2.43. The molecule has 70 valence electrons. The van der Waals surface area contributed by atoms with Crippen LogP contribution in [0.2, 0.25) is 0 Å². The van der Waals surface area contributed by atoms with E-state index in [1.165, 1.54) is 0 Å². The molecule has 0 atom stereocenters. The Bertz CT molecular complexity index is 488. The van der Waals surface area contributed by atoms with Gasteiger partial charge in [0.25, 0.3) is 0 Å². The summed E-state index contributed by atoms with van der Waals surface area (Å²) in [5, 5.41) is 0. The smallest absolute Gasteiger partial charge is 0.350 e. The zero-order valence-corrected chi connectivity index (χ0v) is 8.82. The average molecular weight is 251 g/mol. The Labute approximate surface area is 89.3 Å². The lowest BCUT2D eigenvalue weighted by atomic mass is 10.2. The Hall–Kier alpha value is -1.35. The van der Waals surface area contributed by atoms with Crippen molar-refractivity contribution in [3.63, 3.8) is 0 Å². The van der Waals surface area contributed by atoms with Crippen LogP contribution < -0.4 is 5.63 Å². The van der Waals surface area contributed by atoms with E-state index < -0.39 is 0 Å². The molecular weight excluding hydrogens is 244 g/mol. The highest BCUT2D eigenvalue weighted by molar-refractivity contribution is 9.10. The maximum atomic E-state index is 11.2. The Morgan fingerprint density at radius 3 is 2.36 bits per heavy atom. The SMILES string of the molecule is O=c1oc(-c2ccccc2)ccc1Br. The fraction of sp³-hybridized carbons (Fsp3) is 0. The monoisotopic (exact) mass is 250 g/mol. The molecule has 0 saturated heterocycles. The fourth-order valence-electron chi connectivity index (χ4n) is 1.16. The molecule has 2 aromatic rings. The van der Waals surface area contributed by atoms with E-state index in [4.69, 9.17) is 4.42 Å². The van der Waals surface area contributed by atoms with Gasteiger partial charge in [-0.1, -0.05) is 30.3 Å². The average Bonchev–Trinajstić information content (AvgIpc) is 2.23. The van der Waals surface area contributed by atoms with Crippen molar-refractivity contribution in [2.24, 2.45) is 0 Å². The summed E-state index contributed by atoms with van der Waals surface area (Å²) in [5.74, 6) is 0.582. The van der Waals surface area contributed by atoms with Crippen molar-refractivity contribution >= 4 is 15.9 Å². The zero-order chi connectivity index (χ0) is 9.97. The summed E-state index contributed by atoms with van der Waals surface area (Å²) in [4.78, 5) is 11.2. The van der Waals surface area contributed by atoms with Gasteiger partial charge in [-0.15, -0.1) is 0 Å². The number of halogens is 1. The number of benzene rings is 1. The van der Waals surface area contributed by atoms with Crippen LogP contribution in [0.25, 0.3) is 11.3 Å². The summed E-state index contributed by atoms with van der Waals surface area (Å²) in [6, 6.07) is 13.0. The summed E-state index contributed by atoms with van der Waals surface area (Å²) in [5.41, 5.74) is 0.545. The summed E-state index contributed by atoms with van der Waals surface area (Å²) in [6.45, 7) is 0. The van der Waals surface area contributed by atoms with Gasteiger partial charge in [-0.3, -0.25) is 0 Å². The lowest BCUT2D eigenvalue weighted by Gasteiger charge is -1.98. The second kappa shape index (κ2) is 3.80. The molecule has 1 aromatic heterocycles. The third kappa shape index (κ3) is 1.77. The Morgan fingerprint density at radius 1 is 1.00 bits per heavy atom. The second-order valence-corrected chi connectivity index (χ2v) is 3.66. The van der Waals surface area contributed by atoms with Crippen LogP contribution in [0.5, 0.6) is 0 Å². The molecule has 14 heavy (non-hydrogen) atoms. The molecule has 0 fully saturated rings. The van der Waals surface area contributed by atoms with Gasteiger partial charge in [-0.05, 0) is 28.1 Å². The van der Waals surface area contributed by atoms with E-state index in [9.17, 15) is 4.79 Å². The molecule has 3 heteroatoms. The van der Waals surface area contributed by atoms with Crippen LogP contribution in [0.3, 0.4) is 0 Å². The minimum atomic E-state index is -0.355. The lowest BCUT2D eigenvalue weighted by Crippen LogP contribution is -1.98. The van der Waals surface area contributed by atoms with Crippen LogP contribution in [0.4, 0.5) is 0 Å².